The van der Waals surface area contributed by atoms with Crippen molar-refractivity contribution in [1.29, 1.82) is 0 Å². The summed E-state index contributed by atoms with van der Waals surface area (Å²) in [5.74, 6) is 1.73. The molecule has 0 saturated heterocycles. The normalized spacial score (nSPS) is 30.2. The second kappa shape index (κ2) is 2.84. The van der Waals surface area contributed by atoms with Crippen molar-refractivity contribution in [2.75, 3.05) is 0 Å². The Morgan fingerprint density at radius 1 is 1.00 bits per heavy atom. The first-order chi connectivity index (χ1) is 6.36. The van der Waals surface area contributed by atoms with Crippen molar-refractivity contribution in [1.82, 2.24) is 0 Å². The lowest BCUT2D eigenvalue weighted by molar-refractivity contribution is 0.357. The summed E-state index contributed by atoms with van der Waals surface area (Å²) < 4.78 is 1.35. The van der Waals surface area contributed by atoms with Gasteiger partial charge in [-0.3, -0.25) is 0 Å². The maximum absolute atomic E-state index is 3.68. The molecule has 2 bridgehead atoms. The first-order valence-electron chi connectivity index (χ1n) is 5.14. The summed E-state index contributed by atoms with van der Waals surface area (Å²) in [5, 5.41) is 0. The Hall–Kier alpha value is -0.300. The molecule has 0 amide bonds. The van der Waals surface area contributed by atoms with Crippen molar-refractivity contribution in [3.05, 3.63) is 33.8 Å². The molecule has 0 unspecified atom stereocenters. The maximum Gasteiger partial charge on any atom is 0.0212 e. The Bertz CT molecular complexity index is 335. The smallest absolute Gasteiger partial charge is 0.0212 e. The summed E-state index contributed by atoms with van der Waals surface area (Å²) >= 11 is 3.68. The summed E-state index contributed by atoms with van der Waals surface area (Å²) in [6.45, 7) is 0. The lowest BCUT2D eigenvalue weighted by atomic mass is 9.67. The molecule has 1 fully saturated rings. The molecule has 13 heavy (non-hydrogen) atoms. The molecular weight excluding hydrogens is 224 g/mol. The van der Waals surface area contributed by atoms with Crippen LogP contribution >= 0.6 is 15.9 Å². The van der Waals surface area contributed by atoms with Crippen LogP contribution in [-0.4, -0.2) is 0 Å². The van der Waals surface area contributed by atoms with Gasteiger partial charge in [-0.05, 0) is 54.7 Å². The van der Waals surface area contributed by atoms with Crippen LogP contribution in [0.1, 0.15) is 48.6 Å². The molecule has 0 nitrogen and oxygen atoms in total. The lowest BCUT2D eigenvalue weighted by Crippen LogP contribution is -2.21. The third kappa shape index (κ3) is 1.10. The molecule has 1 aromatic rings. The number of hydrogen-bond donors (Lipinski definition) is 0. The van der Waals surface area contributed by atoms with Crippen LogP contribution in [0.2, 0.25) is 0 Å². The molecule has 3 aliphatic rings. The molecule has 3 aliphatic carbocycles. The standard InChI is InChI=1S/C12H13Br/c13-11-3-1-2-10-8-4-6-9(7-5-8)12(10)11/h1-3,8-9H,4-7H2. The van der Waals surface area contributed by atoms with Gasteiger partial charge in [0.15, 0.2) is 0 Å². The predicted molar refractivity (Wildman–Crippen MR) is 58.1 cm³/mol. The van der Waals surface area contributed by atoms with Gasteiger partial charge in [0.1, 0.15) is 0 Å². The van der Waals surface area contributed by atoms with Crippen molar-refractivity contribution in [3.8, 4) is 0 Å². The number of halogens is 1. The van der Waals surface area contributed by atoms with Crippen LogP contribution in [0.3, 0.4) is 0 Å². The second-order valence-electron chi connectivity index (χ2n) is 4.29. The van der Waals surface area contributed by atoms with E-state index >= 15 is 0 Å². The quantitative estimate of drug-likeness (QED) is 0.634. The Balaban J connectivity index is 2.23. The van der Waals surface area contributed by atoms with Crippen LogP contribution in [0.5, 0.6) is 0 Å². The van der Waals surface area contributed by atoms with E-state index in [1.165, 1.54) is 30.2 Å². The molecule has 0 N–H and O–H groups in total. The summed E-state index contributed by atoms with van der Waals surface area (Å²) in [6.07, 6.45) is 5.68. The largest absolute Gasteiger partial charge is 0.0608 e. The minimum atomic E-state index is 0.857. The molecular formula is C12H13Br. The molecule has 1 heteroatoms. The Labute approximate surface area is 87.5 Å². The van der Waals surface area contributed by atoms with Gasteiger partial charge >= 0.3 is 0 Å². The molecule has 4 rings (SSSR count). The molecule has 1 saturated carbocycles. The Morgan fingerprint density at radius 2 is 1.69 bits per heavy atom. The van der Waals surface area contributed by atoms with E-state index in [0.717, 1.165) is 11.8 Å². The summed E-state index contributed by atoms with van der Waals surface area (Å²) in [6, 6.07) is 6.71. The van der Waals surface area contributed by atoms with Gasteiger partial charge in [-0.25, -0.2) is 0 Å². The number of hydrogen-bond acceptors (Lipinski definition) is 0. The van der Waals surface area contributed by atoms with Gasteiger partial charge in [-0.1, -0.05) is 28.1 Å². The molecule has 68 valence electrons. The molecule has 0 heterocycles. The molecule has 0 aliphatic heterocycles. The van der Waals surface area contributed by atoms with E-state index in [4.69, 9.17) is 0 Å². The highest BCUT2D eigenvalue weighted by atomic mass is 79.9. The van der Waals surface area contributed by atoms with Gasteiger partial charge in [0.2, 0.25) is 0 Å². The van der Waals surface area contributed by atoms with Gasteiger partial charge in [-0.2, -0.15) is 0 Å². The van der Waals surface area contributed by atoms with Gasteiger partial charge < -0.3 is 0 Å². The maximum atomic E-state index is 3.68. The van der Waals surface area contributed by atoms with E-state index in [2.05, 4.69) is 34.1 Å². The monoisotopic (exact) mass is 236 g/mol. The fourth-order valence-electron chi connectivity index (χ4n) is 3.03. The highest BCUT2D eigenvalue weighted by molar-refractivity contribution is 9.10. The third-order valence-electron chi connectivity index (χ3n) is 3.66. The molecule has 1 aromatic carbocycles. The van der Waals surface area contributed by atoms with Crippen molar-refractivity contribution in [3.63, 3.8) is 0 Å². The molecule has 0 aromatic heterocycles. The van der Waals surface area contributed by atoms with Crippen LogP contribution in [0.25, 0.3) is 0 Å². The highest BCUT2D eigenvalue weighted by Crippen LogP contribution is 2.51. The zero-order valence-electron chi connectivity index (χ0n) is 7.59. The minimum absolute atomic E-state index is 0.857. The van der Waals surface area contributed by atoms with Gasteiger partial charge in [0.05, 0.1) is 0 Å². The SMILES string of the molecule is Brc1cccc2c1C1CCC2CC1. The zero-order valence-corrected chi connectivity index (χ0v) is 9.18. The average molecular weight is 237 g/mol. The van der Waals surface area contributed by atoms with E-state index in [1.807, 2.05) is 0 Å². The van der Waals surface area contributed by atoms with Crippen LogP contribution in [-0.2, 0) is 0 Å². The van der Waals surface area contributed by atoms with Crippen LogP contribution in [0.4, 0.5) is 0 Å². The summed E-state index contributed by atoms with van der Waals surface area (Å²) in [5.41, 5.74) is 3.27. The molecule has 0 spiro atoms. The van der Waals surface area contributed by atoms with E-state index in [9.17, 15) is 0 Å². The third-order valence-corrected chi connectivity index (χ3v) is 4.35. The van der Waals surface area contributed by atoms with Gasteiger partial charge in [-0.15, -0.1) is 0 Å². The van der Waals surface area contributed by atoms with Crippen LogP contribution in [0, 0.1) is 0 Å². The average Bonchev–Trinajstić information content (AvgIpc) is 2.20. The van der Waals surface area contributed by atoms with E-state index in [0.29, 0.717) is 0 Å². The van der Waals surface area contributed by atoms with Crippen LogP contribution < -0.4 is 0 Å². The Kier molecular flexibility index (Phi) is 1.76. The molecule has 0 atom stereocenters. The second-order valence-corrected chi connectivity index (χ2v) is 5.15. The van der Waals surface area contributed by atoms with Crippen molar-refractivity contribution in [2.24, 2.45) is 0 Å². The predicted octanol–water partition coefficient (Wildman–Crippen LogP) is 4.20. The van der Waals surface area contributed by atoms with Crippen molar-refractivity contribution in [2.45, 2.75) is 37.5 Å². The summed E-state index contributed by atoms with van der Waals surface area (Å²) in [4.78, 5) is 0. The summed E-state index contributed by atoms with van der Waals surface area (Å²) in [7, 11) is 0. The van der Waals surface area contributed by atoms with Crippen molar-refractivity contribution >= 4 is 15.9 Å². The minimum Gasteiger partial charge on any atom is -0.0608 e. The van der Waals surface area contributed by atoms with Gasteiger partial charge in [0, 0.05) is 4.47 Å². The topological polar surface area (TPSA) is 0 Å². The van der Waals surface area contributed by atoms with Crippen molar-refractivity contribution < 1.29 is 0 Å². The number of rotatable bonds is 0. The molecule has 0 radical (unpaired) electrons. The zero-order chi connectivity index (χ0) is 8.84. The number of fused-ring (bicyclic) bond motifs is 2. The highest BCUT2D eigenvalue weighted by Gasteiger charge is 2.33. The fraction of sp³-hybridized carbons (Fsp3) is 0.500. The van der Waals surface area contributed by atoms with E-state index in [-0.39, 0.29) is 0 Å². The van der Waals surface area contributed by atoms with Gasteiger partial charge in [0.25, 0.3) is 0 Å². The van der Waals surface area contributed by atoms with E-state index in [1.54, 1.807) is 11.1 Å². The Morgan fingerprint density at radius 3 is 2.38 bits per heavy atom. The van der Waals surface area contributed by atoms with E-state index < -0.39 is 0 Å². The fourth-order valence-corrected chi connectivity index (χ4v) is 3.74. The lowest BCUT2D eigenvalue weighted by Gasteiger charge is -2.38. The first-order valence-corrected chi connectivity index (χ1v) is 5.94. The van der Waals surface area contributed by atoms with Crippen LogP contribution in [0.15, 0.2) is 22.7 Å². The number of benzene rings is 1. The first kappa shape index (κ1) is 8.05.